The normalized spacial score (nSPS) is 11.6. The fourth-order valence-corrected chi connectivity index (χ4v) is 3.64. The second-order valence-corrected chi connectivity index (χ2v) is 7.88. The second kappa shape index (κ2) is 7.40. The summed E-state index contributed by atoms with van der Waals surface area (Å²) in [7, 11) is 0. The van der Waals surface area contributed by atoms with E-state index in [0.717, 1.165) is 11.0 Å². The molecular formula is C17H20BrNO2S. The van der Waals surface area contributed by atoms with Gasteiger partial charge in [-0.1, -0.05) is 34.1 Å². The largest absolute Gasteiger partial charge is 0.481 e. The molecule has 0 aliphatic rings. The van der Waals surface area contributed by atoms with E-state index >= 15 is 0 Å². The van der Waals surface area contributed by atoms with E-state index in [9.17, 15) is 4.79 Å². The average Bonchev–Trinajstić information content (AvgIpc) is 2.92. The number of halogens is 1. The van der Waals surface area contributed by atoms with Gasteiger partial charge in [-0.05, 0) is 45.0 Å². The summed E-state index contributed by atoms with van der Waals surface area (Å²) in [6, 6.07) is 12.4. The van der Waals surface area contributed by atoms with Gasteiger partial charge in [0.2, 0.25) is 0 Å². The van der Waals surface area contributed by atoms with Crippen LogP contribution in [0.1, 0.15) is 25.1 Å². The first-order valence-corrected chi connectivity index (χ1v) is 8.79. The van der Waals surface area contributed by atoms with E-state index in [1.54, 1.807) is 25.2 Å². The monoisotopic (exact) mass is 381 g/mol. The summed E-state index contributed by atoms with van der Waals surface area (Å²) in [5, 5.41) is 12.4. The molecule has 2 rings (SSSR count). The Morgan fingerprint density at radius 3 is 2.68 bits per heavy atom. The molecule has 118 valence electrons. The van der Waals surface area contributed by atoms with Gasteiger partial charge in [-0.15, -0.1) is 11.3 Å². The van der Waals surface area contributed by atoms with Crippen LogP contribution >= 0.6 is 27.3 Å². The van der Waals surface area contributed by atoms with Crippen molar-refractivity contribution in [1.29, 1.82) is 0 Å². The number of hydrogen-bond donors (Lipinski definition) is 2. The third-order valence-corrected chi connectivity index (χ3v) is 5.42. The Morgan fingerprint density at radius 1 is 1.27 bits per heavy atom. The quantitative estimate of drug-likeness (QED) is 0.679. The van der Waals surface area contributed by atoms with Crippen LogP contribution in [0.15, 0.2) is 40.9 Å². The number of nitrogens with one attached hydrogen (secondary N) is 1. The van der Waals surface area contributed by atoms with Crippen LogP contribution < -0.4 is 5.32 Å². The molecule has 5 heteroatoms. The minimum Gasteiger partial charge on any atom is -0.481 e. The number of hydrogen-bond acceptors (Lipinski definition) is 3. The molecule has 2 aromatic rings. The van der Waals surface area contributed by atoms with Crippen LogP contribution in [0.4, 0.5) is 0 Å². The van der Waals surface area contributed by atoms with Gasteiger partial charge in [0.25, 0.3) is 0 Å². The fourth-order valence-electron chi connectivity index (χ4n) is 2.00. The van der Waals surface area contributed by atoms with E-state index in [-0.39, 0.29) is 0 Å². The number of aliphatic carboxylic acids is 1. The van der Waals surface area contributed by atoms with Gasteiger partial charge in [-0.3, -0.25) is 4.79 Å². The number of thiophene rings is 1. The molecule has 0 amide bonds. The van der Waals surface area contributed by atoms with E-state index in [1.807, 2.05) is 18.2 Å². The summed E-state index contributed by atoms with van der Waals surface area (Å²) < 4.78 is 1.10. The Labute approximate surface area is 143 Å². The predicted molar refractivity (Wildman–Crippen MR) is 95.2 cm³/mol. The van der Waals surface area contributed by atoms with Gasteiger partial charge in [-0.2, -0.15) is 0 Å². The van der Waals surface area contributed by atoms with Gasteiger partial charge < -0.3 is 10.4 Å². The zero-order valence-corrected chi connectivity index (χ0v) is 15.1. The van der Waals surface area contributed by atoms with Gasteiger partial charge in [-0.25, -0.2) is 0 Å². The highest BCUT2D eigenvalue weighted by Crippen LogP contribution is 2.33. The Balaban J connectivity index is 1.88. The lowest BCUT2D eigenvalue weighted by Gasteiger charge is -2.18. The van der Waals surface area contributed by atoms with Crippen LogP contribution in [0.2, 0.25) is 0 Å². The van der Waals surface area contributed by atoms with Gasteiger partial charge in [0, 0.05) is 26.3 Å². The Hall–Kier alpha value is -1.17. The molecule has 22 heavy (non-hydrogen) atoms. The van der Waals surface area contributed by atoms with Crippen LogP contribution in [-0.4, -0.2) is 17.6 Å². The zero-order valence-electron chi connectivity index (χ0n) is 12.7. The minimum atomic E-state index is -0.748. The molecule has 0 atom stereocenters. The molecule has 0 fully saturated rings. The SMILES string of the molecule is CC(C)(CCNCc1ccc(-c2ccccc2Br)s1)C(=O)O. The standard InChI is InChI=1S/C17H20BrNO2S/c1-17(2,16(20)21)9-10-19-11-12-7-8-15(22-12)13-5-3-4-6-14(13)18/h3-8,19H,9-11H2,1-2H3,(H,20,21). The molecule has 0 saturated carbocycles. The van der Waals surface area contributed by atoms with Crippen molar-refractivity contribution in [3.63, 3.8) is 0 Å². The third kappa shape index (κ3) is 4.41. The van der Waals surface area contributed by atoms with Crippen molar-refractivity contribution in [2.45, 2.75) is 26.8 Å². The van der Waals surface area contributed by atoms with Crippen LogP contribution in [0, 0.1) is 5.41 Å². The number of rotatable bonds is 7. The van der Waals surface area contributed by atoms with Crippen LogP contribution in [-0.2, 0) is 11.3 Å². The molecule has 0 aliphatic heterocycles. The summed E-state index contributed by atoms with van der Waals surface area (Å²) in [5.41, 5.74) is 0.522. The lowest BCUT2D eigenvalue weighted by molar-refractivity contribution is -0.147. The topological polar surface area (TPSA) is 49.3 Å². The summed E-state index contributed by atoms with van der Waals surface area (Å²) >= 11 is 5.33. The summed E-state index contributed by atoms with van der Waals surface area (Å²) in [6.07, 6.45) is 0.616. The van der Waals surface area contributed by atoms with Gasteiger partial charge in [0.15, 0.2) is 0 Å². The molecule has 1 aromatic carbocycles. The first kappa shape index (κ1) is 17.2. The molecule has 0 saturated heterocycles. The minimum absolute atomic E-state index is 0.616. The van der Waals surface area contributed by atoms with Crippen molar-refractivity contribution in [3.05, 3.63) is 45.7 Å². The Kier molecular flexibility index (Phi) is 5.78. The highest BCUT2D eigenvalue weighted by Gasteiger charge is 2.26. The number of carboxylic acids is 1. The summed E-state index contributed by atoms with van der Waals surface area (Å²) in [5.74, 6) is -0.748. The third-order valence-electron chi connectivity index (χ3n) is 3.61. The molecule has 2 N–H and O–H groups in total. The van der Waals surface area contributed by atoms with Crippen LogP contribution in [0.3, 0.4) is 0 Å². The maximum atomic E-state index is 11.0. The summed E-state index contributed by atoms with van der Waals surface area (Å²) in [6.45, 7) is 4.98. The highest BCUT2D eigenvalue weighted by molar-refractivity contribution is 9.10. The smallest absolute Gasteiger partial charge is 0.309 e. The Morgan fingerprint density at radius 2 is 2.00 bits per heavy atom. The lowest BCUT2D eigenvalue weighted by atomic mass is 9.90. The van der Waals surface area contributed by atoms with E-state index in [2.05, 4.69) is 39.4 Å². The van der Waals surface area contributed by atoms with Gasteiger partial charge in [0.05, 0.1) is 5.41 Å². The summed E-state index contributed by atoms with van der Waals surface area (Å²) in [4.78, 5) is 13.5. The zero-order chi connectivity index (χ0) is 16.2. The van der Waals surface area contributed by atoms with Gasteiger partial charge >= 0.3 is 5.97 Å². The van der Waals surface area contributed by atoms with E-state index in [4.69, 9.17) is 5.11 Å². The van der Waals surface area contributed by atoms with Crippen LogP contribution in [0.25, 0.3) is 10.4 Å². The van der Waals surface area contributed by atoms with Gasteiger partial charge in [0.1, 0.15) is 0 Å². The molecule has 3 nitrogen and oxygen atoms in total. The predicted octanol–water partition coefficient (Wildman–Crippen LogP) is 4.77. The molecule has 0 unspecified atom stereocenters. The fraction of sp³-hybridized carbons (Fsp3) is 0.353. The number of benzene rings is 1. The first-order valence-electron chi connectivity index (χ1n) is 7.18. The number of carbonyl (C=O) groups is 1. The molecule has 0 aliphatic carbocycles. The van der Waals surface area contributed by atoms with E-state index in [1.165, 1.54) is 15.3 Å². The molecule has 0 bridgehead atoms. The average molecular weight is 382 g/mol. The highest BCUT2D eigenvalue weighted by atomic mass is 79.9. The Bertz CT molecular complexity index is 652. The van der Waals surface area contributed by atoms with Crippen molar-refractivity contribution in [2.75, 3.05) is 6.54 Å². The lowest BCUT2D eigenvalue weighted by Crippen LogP contribution is -2.28. The second-order valence-electron chi connectivity index (χ2n) is 5.86. The number of carboxylic acid groups (broad SMARTS) is 1. The van der Waals surface area contributed by atoms with Crippen molar-refractivity contribution in [2.24, 2.45) is 5.41 Å². The maximum Gasteiger partial charge on any atom is 0.309 e. The molecular weight excluding hydrogens is 362 g/mol. The van der Waals surface area contributed by atoms with Crippen molar-refractivity contribution in [1.82, 2.24) is 5.32 Å². The molecule has 1 aromatic heterocycles. The van der Waals surface area contributed by atoms with E-state index in [0.29, 0.717) is 13.0 Å². The van der Waals surface area contributed by atoms with Crippen molar-refractivity contribution in [3.8, 4) is 10.4 Å². The maximum absolute atomic E-state index is 11.0. The van der Waals surface area contributed by atoms with Crippen LogP contribution in [0.5, 0.6) is 0 Å². The molecule has 0 spiro atoms. The van der Waals surface area contributed by atoms with Crippen molar-refractivity contribution >= 4 is 33.2 Å². The first-order chi connectivity index (χ1) is 10.4. The molecule has 0 radical (unpaired) electrons. The van der Waals surface area contributed by atoms with Crippen molar-refractivity contribution < 1.29 is 9.90 Å². The molecule has 1 heterocycles. The van der Waals surface area contributed by atoms with E-state index < -0.39 is 11.4 Å².